The van der Waals surface area contributed by atoms with Gasteiger partial charge < -0.3 is 15.2 Å². The summed E-state index contributed by atoms with van der Waals surface area (Å²) in [6.07, 6.45) is 4.47. The molecule has 1 unspecified atom stereocenters. The summed E-state index contributed by atoms with van der Waals surface area (Å²) in [5, 5.41) is 14.2. The van der Waals surface area contributed by atoms with Gasteiger partial charge in [0.25, 0.3) is 0 Å². The molecule has 0 heterocycles. The monoisotopic (exact) mass is 303 g/mol. The lowest BCUT2D eigenvalue weighted by Crippen LogP contribution is -2.36. The minimum absolute atomic E-state index is 0.248. The van der Waals surface area contributed by atoms with Crippen LogP contribution in [0.2, 0.25) is 10.0 Å². The highest BCUT2D eigenvalue weighted by Crippen LogP contribution is 2.26. The van der Waals surface area contributed by atoms with Gasteiger partial charge in [-0.25, -0.2) is 0 Å². The minimum Gasteiger partial charge on any atom is -0.491 e. The maximum Gasteiger partial charge on any atom is 0.121 e. The van der Waals surface area contributed by atoms with E-state index in [1.165, 1.54) is 25.7 Å². The van der Waals surface area contributed by atoms with Crippen molar-refractivity contribution in [3.63, 3.8) is 0 Å². The van der Waals surface area contributed by atoms with Crippen LogP contribution in [0.25, 0.3) is 0 Å². The Morgan fingerprint density at radius 1 is 1.26 bits per heavy atom. The smallest absolute Gasteiger partial charge is 0.121 e. The number of hydrogen-bond acceptors (Lipinski definition) is 3. The average molecular weight is 304 g/mol. The summed E-state index contributed by atoms with van der Waals surface area (Å²) < 4.78 is 5.49. The van der Waals surface area contributed by atoms with Gasteiger partial charge in [0.1, 0.15) is 18.5 Å². The molecule has 0 aromatic heterocycles. The molecule has 0 aliphatic heterocycles. The van der Waals surface area contributed by atoms with Crippen LogP contribution < -0.4 is 10.1 Å². The van der Waals surface area contributed by atoms with E-state index in [1.807, 2.05) is 0 Å². The maximum atomic E-state index is 9.85. The van der Waals surface area contributed by atoms with Gasteiger partial charge in [0.2, 0.25) is 0 Å². The van der Waals surface area contributed by atoms with E-state index >= 15 is 0 Å². The fourth-order valence-corrected chi connectivity index (χ4v) is 2.54. The molecule has 2 rings (SSSR count). The molecule has 1 atom stereocenters. The van der Waals surface area contributed by atoms with Gasteiger partial charge in [-0.05, 0) is 25.0 Å². The molecule has 0 radical (unpaired) electrons. The molecule has 19 heavy (non-hydrogen) atoms. The Hall–Kier alpha value is -0.480. The lowest BCUT2D eigenvalue weighted by atomic mass is 10.2. The van der Waals surface area contributed by atoms with Crippen molar-refractivity contribution >= 4 is 23.2 Å². The molecule has 1 aliphatic rings. The average Bonchev–Trinajstić information content (AvgIpc) is 2.91. The number of ether oxygens (including phenoxy) is 1. The van der Waals surface area contributed by atoms with Gasteiger partial charge >= 0.3 is 0 Å². The van der Waals surface area contributed by atoms with E-state index in [0.29, 0.717) is 28.4 Å². The Bertz CT molecular complexity index is 408. The van der Waals surface area contributed by atoms with Crippen molar-refractivity contribution in [2.45, 2.75) is 37.8 Å². The Morgan fingerprint density at radius 2 is 2.00 bits per heavy atom. The zero-order valence-electron chi connectivity index (χ0n) is 10.7. The second-order valence-corrected chi connectivity index (χ2v) is 5.74. The largest absolute Gasteiger partial charge is 0.491 e. The Kier molecular flexibility index (Phi) is 5.76. The quantitative estimate of drug-likeness (QED) is 0.847. The highest BCUT2D eigenvalue weighted by molar-refractivity contribution is 6.42. The number of nitrogens with one attached hydrogen (secondary N) is 1. The lowest BCUT2D eigenvalue weighted by molar-refractivity contribution is 0.104. The first-order valence-corrected chi connectivity index (χ1v) is 7.40. The van der Waals surface area contributed by atoms with E-state index in [2.05, 4.69) is 5.32 Å². The molecule has 1 aromatic carbocycles. The van der Waals surface area contributed by atoms with Crippen molar-refractivity contribution in [2.24, 2.45) is 0 Å². The molecule has 1 aliphatic carbocycles. The van der Waals surface area contributed by atoms with Crippen LogP contribution in [0.15, 0.2) is 18.2 Å². The first-order chi connectivity index (χ1) is 9.15. The molecule has 5 heteroatoms. The fraction of sp³-hybridized carbons (Fsp3) is 0.571. The molecule has 0 spiro atoms. The van der Waals surface area contributed by atoms with E-state index in [0.717, 1.165) is 0 Å². The predicted molar refractivity (Wildman–Crippen MR) is 78.2 cm³/mol. The third-order valence-electron chi connectivity index (χ3n) is 3.33. The minimum atomic E-state index is -0.518. The van der Waals surface area contributed by atoms with Crippen molar-refractivity contribution < 1.29 is 9.84 Å². The molecule has 3 nitrogen and oxygen atoms in total. The first-order valence-electron chi connectivity index (χ1n) is 6.64. The summed E-state index contributed by atoms with van der Waals surface area (Å²) in [7, 11) is 0. The predicted octanol–water partition coefficient (Wildman–Crippen LogP) is 3.27. The standard InChI is InChI=1S/C14H19Cl2NO2/c15-13-6-5-12(7-14(13)16)19-9-11(18)8-17-10-3-1-2-4-10/h5-7,10-11,17-18H,1-4,8-9H2. The Morgan fingerprint density at radius 3 is 2.68 bits per heavy atom. The van der Waals surface area contributed by atoms with Gasteiger partial charge in [0, 0.05) is 18.7 Å². The molecular weight excluding hydrogens is 285 g/mol. The van der Waals surface area contributed by atoms with Crippen LogP contribution in [0, 0.1) is 0 Å². The van der Waals surface area contributed by atoms with Crippen LogP contribution in [0.3, 0.4) is 0 Å². The van der Waals surface area contributed by atoms with Crippen molar-refractivity contribution in [1.29, 1.82) is 0 Å². The lowest BCUT2D eigenvalue weighted by Gasteiger charge is -2.16. The summed E-state index contributed by atoms with van der Waals surface area (Å²) in [6.45, 7) is 0.809. The number of halogens is 2. The number of benzene rings is 1. The van der Waals surface area contributed by atoms with Crippen molar-refractivity contribution in [3.05, 3.63) is 28.2 Å². The highest BCUT2D eigenvalue weighted by Gasteiger charge is 2.15. The molecular formula is C14H19Cl2NO2. The fourth-order valence-electron chi connectivity index (χ4n) is 2.25. The first kappa shape index (κ1) is 14.9. The molecule has 0 saturated heterocycles. The summed E-state index contributed by atoms with van der Waals surface area (Å²) in [5.74, 6) is 0.620. The van der Waals surface area contributed by atoms with Gasteiger partial charge in [0.05, 0.1) is 10.0 Å². The number of aliphatic hydroxyl groups is 1. The second kappa shape index (κ2) is 7.34. The molecule has 1 fully saturated rings. The highest BCUT2D eigenvalue weighted by atomic mass is 35.5. The molecule has 1 aromatic rings. The van der Waals surface area contributed by atoms with Gasteiger partial charge in [-0.1, -0.05) is 36.0 Å². The summed E-state index contributed by atoms with van der Waals surface area (Å²) in [6, 6.07) is 5.63. The SMILES string of the molecule is OC(CNC1CCCC1)COc1ccc(Cl)c(Cl)c1. The normalized spacial score (nSPS) is 17.6. The van der Waals surface area contributed by atoms with Crippen LogP contribution in [-0.4, -0.2) is 30.4 Å². The third kappa shape index (κ3) is 4.84. The molecule has 0 bridgehead atoms. The maximum absolute atomic E-state index is 9.85. The number of hydrogen-bond donors (Lipinski definition) is 2. The summed E-state index contributed by atoms with van der Waals surface area (Å²) in [4.78, 5) is 0. The molecule has 0 amide bonds. The third-order valence-corrected chi connectivity index (χ3v) is 4.07. The summed E-state index contributed by atoms with van der Waals surface area (Å²) in [5.41, 5.74) is 0. The van der Waals surface area contributed by atoms with Crippen LogP contribution >= 0.6 is 23.2 Å². The van der Waals surface area contributed by atoms with Crippen LogP contribution in [0.5, 0.6) is 5.75 Å². The zero-order valence-corrected chi connectivity index (χ0v) is 12.3. The Balaban J connectivity index is 1.70. The van der Waals surface area contributed by atoms with Gasteiger partial charge in [0.15, 0.2) is 0 Å². The van der Waals surface area contributed by atoms with Crippen molar-refractivity contribution in [2.75, 3.05) is 13.2 Å². The van der Waals surface area contributed by atoms with Crippen LogP contribution in [-0.2, 0) is 0 Å². The van der Waals surface area contributed by atoms with Crippen LogP contribution in [0.4, 0.5) is 0 Å². The van der Waals surface area contributed by atoms with E-state index in [9.17, 15) is 5.11 Å². The summed E-state index contributed by atoms with van der Waals surface area (Å²) >= 11 is 11.7. The Labute approximate surface area is 123 Å². The second-order valence-electron chi connectivity index (χ2n) is 4.93. The van der Waals surface area contributed by atoms with E-state index < -0.39 is 6.10 Å². The van der Waals surface area contributed by atoms with Gasteiger partial charge in [-0.2, -0.15) is 0 Å². The topological polar surface area (TPSA) is 41.5 Å². The molecule has 2 N–H and O–H groups in total. The van der Waals surface area contributed by atoms with Gasteiger partial charge in [-0.15, -0.1) is 0 Å². The van der Waals surface area contributed by atoms with E-state index in [-0.39, 0.29) is 6.61 Å². The zero-order chi connectivity index (χ0) is 13.7. The molecule has 106 valence electrons. The van der Waals surface area contributed by atoms with Crippen molar-refractivity contribution in [1.82, 2.24) is 5.32 Å². The van der Waals surface area contributed by atoms with Crippen molar-refractivity contribution in [3.8, 4) is 5.75 Å². The number of aliphatic hydroxyl groups excluding tert-OH is 1. The van der Waals surface area contributed by atoms with E-state index in [1.54, 1.807) is 18.2 Å². The van der Waals surface area contributed by atoms with Gasteiger partial charge in [-0.3, -0.25) is 0 Å². The van der Waals surface area contributed by atoms with E-state index in [4.69, 9.17) is 27.9 Å². The van der Waals surface area contributed by atoms with Crippen LogP contribution in [0.1, 0.15) is 25.7 Å². The number of rotatable bonds is 6. The molecule has 1 saturated carbocycles.